The minimum absolute atomic E-state index is 0.253. The molecule has 0 aliphatic heterocycles. The normalized spacial score (nSPS) is 11.2. The standard InChI is InChI=1S/C28H30N8O4/c1-4-36-21(13-17(2)33-36)27(38)32-28-30-20-15-19(26(29)37)16-22(39-3)25(20)35(28)12-8-11-24-31-23(34-40-24)14-18-9-6-5-7-10-18/h5-7,9-10,13,15-16H,4,8,11-12,14H2,1-3H3,(H2,29,37)(H,30,32,38). The van der Waals surface area contributed by atoms with Crippen LogP contribution < -0.4 is 15.8 Å². The van der Waals surface area contributed by atoms with Crippen LogP contribution in [-0.4, -0.2) is 48.4 Å². The average molecular weight is 543 g/mol. The zero-order chi connectivity index (χ0) is 28.2. The Hall–Kier alpha value is -5.00. The molecular formula is C28H30N8O4. The molecule has 0 saturated heterocycles. The molecule has 0 aliphatic rings. The van der Waals surface area contributed by atoms with Gasteiger partial charge in [0.1, 0.15) is 17.0 Å². The van der Waals surface area contributed by atoms with E-state index in [-0.39, 0.29) is 11.5 Å². The molecule has 0 bridgehead atoms. The minimum atomic E-state index is -0.606. The fourth-order valence-corrected chi connectivity index (χ4v) is 4.61. The third-order valence-corrected chi connectivity index (χ3v) is 6.46. The van der Waals surface area contributed by atoms with E-state index in [0.717, 1.165) is 11.3 Å². The lowest BCUT2D eigenvalue weighted by Crippen LogP contribution is -2.20. The second kappa shape index (κ2) is 11.4. The average Bonchev–Trinajstić information content (AvgIpc) is 3.65. The predicted octanol–water partition coefficient (Wildman–Crippen LogP) is 3.53. The number of benzene rings is 2. The van der Waals surface area contributed by atoms with Gasteiger partial charge in [0.2, 0.25) is 17.7 Å². The summed E-state index contributed by atoms with van der Waals surface area (Å²) >= 11 is 0. The second-order valence-corrected chi connectivity index (χ2v) is 9.31. The number of nitrogens with zero attached hydrogens (tertiary/aromatic N) is 6. The Kier molecular flexibility index (Phi) is 7.58. The van der Waals surface area contributed by atoms with Crippen LogP contribution in [0.5, 0.6) is 5.75 Å². The van der Waals surface area contributed by atoms with Gasteiger partial charge in [0.15, 0.2) is 5.82 Å². The lowest BCUT2D eigenvalue weighted by atomic mass is 10.1. The number of hydrogen-bond donors (Lipinski definition) is 2. The molecule has 0 radical (unpaired) electrons. The van der Waals surface area contributed by atoms with Crippen LogP contribution in [0.2, 0.25) is 0 Å². The predicted molar refractivity (Wildman–Crippen MR) is 147 cm³/mol. The van der Waals surface area contributed by atoms with E-state index in [2.05, 4.69) is 25.5 Å². The highest BCUT2D eigenvalue weighted by Crippen LogP contribution is 2.31. The fraction of sp³-hybridized carbons (Fsp3) is 0.286. The van der Waals surface area contributed by atoms with Crippen molar-refractivity contribution < 1.29 is 18.8 Å². The maximum absolute atomic E-state index is 13.2. The number of nitrogens with one attached hydrogen (secondary N) is 1. The largest absolute Gasteiger partial charge is 0.494 e. The lowest BCUT2D eigenvalue weighted by molar-refractivity contribution is 0.0995. The zero-order valence-electron chi connectivity index (χ0n) is 22.5. The molecule has 40 heavy (non-hydrogen) atoms. The van der Waals surface area contributed by atoms with E-state index in [1.807, 2.05) is 48.7 Å². The highest BCUT2D eigenvalue weighted by Gasteiger charge is 2.21. The molecule has 0 spiro atoms. The molecule has 3 aromatic heterocycles. The number of carbonyl (C=O) groups is 2. The smallest absolute Gasteiger partial charge is 0.276 e. The van der Waals surface area contributed by atoms with E-state index in [1.54, 1.807) is 22.9 Å². The van der Waals surface area contributed by atoms with Crippen molar-refractivity contribution in [2.45, 2.75) is 46.2 Å². The first kappa shape index (κ1) is 26.6. The lowest BCUT2D eigenvalue weighted by Gasteiger charge is -2.12. The van der Waals surface area contributed by atoms with Crippen molar-refractivity contribution in [3.63, 3.8) is 0 Å². The molecule has 0 saturated carbocycles. The highest BCUT2D eigenvalue weighted by molar-refractivity contribution is 6.04. The van der Waals surface area contributed by atoms with Gasteiger partial charge in [-0.25, -0.2) is 4.98 Å². The summed E-state index contributed by atoms with van der Waals surface area (Å²) in [6.07, 6.45) is 1.70. The Morgan fingerprint density at radius 3 is 2.65 bits per heavy atom. The molecule has 5 rings (SSSR count). The SMILES string of the molecule is CCn1nc(C)cc1C(=O)Nc1nc2cc(C(N)=O)cc(OC)c2n1CCCc1nc(Cc2ccccc2)no1. The van der Waals surface area contributed by atoms with Crippen LogP contribution in [-0.2, 0) is 25.9 Å². The van der Waals surface area contributed by atoms with E-state index < -0.39 is 5.91 Å². The minimum Gasteiger partial charge on any atom is -0.494 e. The van der Waals surface area contributed by atoms with Crippen molar-refractivity contribution in [2.24, 2.45) is 5.73 Å². The molecule has 206 valence electrons. The number of nitrogens with two attached hydrogens (primary N) is 1. The van der Waals surface area contributed by atoms with Gasteiger partial charge in [-0.05, 0) is 44.0 Å². The molecule has 0 aliphatic carbocycles. The van der Waals surface area contributed by atoms with Crippen molar-refractivity contribution in [3.8, 4) is 5.75 Å². The molecule has 3 N–H and O–H groups in total. The van der Waals surface area contributed by atoms with Gasteiger partial charge in [0, 0.05) is 31.5 Å². The fourth-order valence-electron chi connectivity index (χ4n) is 4.61. The molecule has 0 atom stereocenters. The monoisotopic (exact) mass is 542 g/mol. The van der Waals surface area contributed by atoms with Gasteiger partial charge in [-0.15, -0.1) is 0 Å². The molecule has 0 fully saturated rings. The summed E-state index contributed by atoms with van der Waals surface area (Å²) in [6, 6.07) is 14.8. The number of amides is 2. The number of carbonyl (C=O) groups excluding carboxylic acids is 2. The van der Waals surface area contributed by atoms with Gasteiger partial charge in [-0.3, -0.25) is 19.6 Å². The van der Waals surface area contributed by atoms with Crippen LogP contribution in [0.15, 0.2) is 53.1 Å². The van der Waals surface area contributed by atoms with Gasteiger partial charge >= 0.3 is 0 Å². The third kappa shape index (κ3) is 5.55. The Bertz CT molecular complexity index is 1670. The number of primary amides is 1. The first-order valence-corrected chi connectivity index (χ1v) is 13.0. The van der Waals surface area contributed by atoms with Gasteiger partial charge in [-0.1, -0.05) is 35.5 Å². The number of anilines is 1. The van der Waals surface area contributed by atoms with Crippen molar-refractivity contribution in [2.75, 3.05) is 12.4 Å². The first-order valence-electron chi connectivity index (χ1n) is 13.0. The van der Waals surface area contributed by atoms with Crippen LogP contribution in [0.4, 0.5) is 5.95 Å². The molecule has 2 amide bonds. The van der Waals surface area contributed by atoms with Crippen LogP contribution >= 0.6 is 0 Å². The summed E-state index contributed by atoms with van der Waals surface area (Å²) < 4.78 is 14.5. The third-order valence-electron chi connectivity index (χ3n) is 6.46. The number of imidazole rings is 1. The summed E-state index contributed by atoms with van der Waals surface area (Å²) in [5.74, 6) is 0.895. The molecule has 0 unspecified atom stereocenters. The van der Waals surface area contributed by atoms with Gasteiger partial charge in [0.25, 0.3) is 5.91 Å². The van der Waals surface area contributed by atoms with E-state index in [9.17, 15) is 9.59 Å². The summed E-state index contributed by atoms with van der Waals surface area (Å²) in [4.78, 5) is 34.3. The topological polar surface area (TPSA) is 156 Å². The Morgan fingerprint density at radius 1 is 1.12 bits per heavy atom. The molecule has 3 heterocycles. The maximum atomic E-state index is 13.2. The van der Waals surface area contributed by atoms with Crippen molar-refractivity contribution in [1.29, 1.82) is 0 Å². The van der Waals surface area contributed by atoms with Crippen molar-refractivity contribution in [3.05, 3.63) is 82.8 Å². The van der Waals surface area contributed by atoms with E-state index in [1.165, 1.54) is 7.11 Å². The van der Waals surface area contributed by atoms with Crippen LogP contribution in [0, 0.1) is 6.92 Å². The molecule has 5 aromatic rings. The van der Waals surface area contributed by atoms with E-state index >= 15 is 0 Å². The molecular weight excluding hydrogens is 512 g/mol. The Labute approximate surface area is 230 Å². The summed E-state index contributed by atoms with van der Waals surface area (Å²) in [7, 11) is 1.50. The van der Waals surface area contributed by atoms with Crippen LogP contribution in [0.25, 0.3) is 11.0 Å². The number of ether oxygens (including phenoxy) is 1. The summed E-state index contributed by atoms with van der Waals surface area (Å²) in [5, 5.41) is 11.4. The number of methoxy groups -OCH3 is 1. The molecule has 12 nitrogen and oxygen atoms in total. The summed E-state index contributed by atoms with van der Waals surface area (Å²) in [5.41, 5.74) is 9.12. The maximum Gasteiger partial charge on any atom is 0.276 e. The Balaban J connectivity index is 1.41. The first-order chi connectivity index (χ1) is 19.4. The van der Waals surface area contributed by atoms with Crippen LogP contribution in [0.3, 0.4) is 0 Å². The van der Waals surface area contributed by atoms with E-state index in [0.29, 0.717) is 72.5 Å². The van der Waals surface area contributed by atoms with E-state index in [4.69, 9.17) is 15.0 Å². The Morgan fingerprint density at radius 2 is 1.93 bits per heavy atom. The molecule has 2 aromatic carbocycles. The number of rotatable bonds is 11. The van der Waals surface area contributed by atoms with Gasteiger partial charge in [-0.2, -0.15) is 10.1 Å². The summed E-state index contributed by atoms with van der Waals surface area (Å²) in [6.45, 7) is 4.73. The van der Waals surface area contributed by atoms with Crippen LogP contribution in [0.1, 0.15) is 57.2 Å². The zero-order valence-corrected chi connectivity index (χ0v) is 22.5. The number of aromatic nitrogens is 6. The number of fused-ring (bicyclic) bond motifs is 1. The van der Waals surface area contributed by atoms with Gasteiger partial charge < -0.3 is 19.6 Å². The molecule has 12 heteroatoms. The van der Waals surface area contributed by atoms with Crippen molar-refractivity contribution in [1.82, 2.24) is 29.5 Å². The quantitative estimate of drug-likeness (QED) is 0.257. The van der Waals surface area contributed by atoms with Gasteiger partial charge in [0.05, 0.1) is 18.3 Å². The van der Waals surface area contributed by atoms with Crippen molar-refractivity contribution >= 4 is 28.8 Å². The highest BCUT2D eigenvalue weighted by atomic mass is 16.5. The second-order valence-electron chi connectivity index (χ2n) is 9.31. The number of hydrogen-bond acceptors (Lipinski definition) is 8. The number of aryl methyl sites for hydroxylation is 4.